The third-order valence-corrected chi connectivity index (χ3v) is 3.88. The Kier molecular flexibility index (Phi) is 4.25. The van der Waals surface area contributed by atoms with Crippen molar-refractivity contribution in [2.45, 2.75) is 6.54 Å². The van der Waals surface area contributed by atoms with Crippen LogP contribution in [0, 0.1) is 11.3 Å². The molecule has 8 nitrogen and oxygen atoms in total. The maximum Gasteiger partial charge on any atom is 0.323 e. The van der Waals surface area contributed by atoms with Gasteiger partial charge in [-0.15, -0.1) is 0 Å². The predicted octanol–water partition coefficient (Wildman–Crippen LogP) is 3.09. The molecule has 0 saturated carbocycles. The highest BCUT2D eigenvalue weighted by atomic mass is 16.2. The number of nitrogens with one attached hydrogen (secondary N) is 2. The van der Waals surface area contributed by atoms with Gasteiger partial charge in [0.25, 0.3) is 0 Å². The van der Waals surface area contributed by atoms with Crippen molar-refractivity contribution in [1.29, 1.82) is 5.26 Å². The van der Waals surface area contributed by atoms with Crippen LogP contribution in [0.25, 0.3) is 5.65 Å². The second-order valence-corrected chi connectivity index (χ2v) is 5.90. The summed E-state index contributed by atoms with van der Waals surface area (Å²) in [7, 11) is 0. The number of aromatic nitrogens is 4. The number of pyridine rings is 1. The lowest BCUT2D eigenvalue weighted by Gasteiger charge is -2.05. The molecule has 0 unspecified atom stereocenters. The van der Waals surface area contributed by atoms with Gasteiger partial charge in [0.15, 0.2) is 0 Å². The molecule has 132 valence electrons. The Morgan fingerprint density at radius 2 is 2.00 bits per heavy atom. The van der Waals surface area contributed by atoms with Crippen LogP contribution in [0.4, 0.5) is 16.2 Å². The second kappa shape index (κ2) is 7.01. The average molecular weight is 357 g/mol. The third kappa shape index (κ3) is 3.77. The van der Waals surface area contributed by atoms with E-state index in [-0.39, 0.29) is 0 Å². The molecule has 0 aliphatic heterocycles. The number of benzene rings is 1. The van der Waals surface area contributed by atoms with E-state index >= 15 is 0 Å². The van der Waals surface area contributed by atoms with E-state index in [1.165, 1.54) is 0 Å². The molecule has 0 fully saturated rings. The number of imidazole rings is 1. The number of amides is 2. The molecule has 4 rings (SSSR count). The molecule has 0 spiro atoms. The highest BCUT2D eigenvalue weighted by Gasteiger charge is 2.07. The number of rotatable bonds is 4. The number of nitrogens with zero attached hydrogens (tertiary/aromatic N) is 5. The van der Waals surface area contributed by atoms with Crippen LogP contribution in [0.1, 0.15) is 11.3 Å². The molecule has 0 radical (unpaired) electrons. The molecule has 3 heterocycles. The summed E-state index contributed by atoms with van der Waals surface area (Å²) in [5, 5.41) is 18.6. The van der Waals surface area contributed by atoms with E-state index in [1.54, 1.807) is 41.3 Å². The Hall–Kier alpha value is -4.12. The number of nitriles is 1. The van der Waals surface area contributed by atoms with Gasteiger partial charge in [-0.1, -0.05) is 12.1 Å². The van der Waals surface area contributed by atoms with Crippen LogP contribution in [0.2, 0.25) is 0 Å². The first-order valence-electron chi connectivity index (χ1n) is 8.23. The van der Waals surface area contributed by atoms with Gasteiger partial charge in [0.1, 0.15) is 5.65 Å². The van der Waals surface area contributed by atoms with E-state index in [4.69, 9.17) is 5.26 Å². The molecule has 2 amide bonds. The van der Waals surface area contributed by atoms with Crippen molar-refractivity contribution in [2.24, 2.45) is 0 Å². The summed E-state index contributed by atoms with van der Waals surface area (Å²) in [5.41, 5.74) is 3.33. The molecule has 0 atom stereocenters. The molecular formula is C19H15N7O. The van der Waals surface area contributed by atoms with Crippen molar-refractivity contribution in [1.82, 2.24) is 19.2 Å². The SMILES string of the molecule is N#Cc1cccc(NC(=O)Nc2cnn(Cc3cn4ccccc4n3)c2)c1. The zero-order valence-corrected chi connectivity index (χ0v) is 14.2. The molecule has 0 bridgehead atoms. The maximum atomic E-state index is 12.1. The minimum absolute atomic E-state index is 0.405. The smallest absolute Gasteiger partial charge is 0.308 e. The number of carbonyl (C=O) groups is 1. The van der Waals surface area contributed by atoms with Gasteiger partial charge in [-0.25, -0.2) is 9.78 Å². The van der Waals surface area contributed by atoms with Crippen molar-refractivity contribution >= 4 is 23.1 Å². The number of hydrogen-bond donors (Lipinski definition) is 2. The Bertz CT molecular complexity index is 1120. The fourth-order valence-corrected chi connectivity index (χ4v) is 2.70. The maximum absolute atomic E-state index is 12.1. The van der Waals surface area contributed by atoms with Gasteiger partial charge in [-0.3, -0.25) is 4.68 Å². The highest BCUT2D eigenvalue weighted by Crippen LogP contribution is 2.12. The van der Waals surface area contributed by atoms with Crippen molar-refractivity contribution < 1.29 is 4.79 Å². The molecule has 27 heavy (non-hydrogen) atoms. The van der Waals surface area contributed by atoms with Gasteiger partial charge < -0.3 is 15.0 Å². The van der Waals surface area contributed by atoms with Crippen LogP contribution in [0.5, 0.6) is 0 Å². The van der Waals surface area contributed by atoms with E-state index in [9.17, 15) is 4.79 Å². The molecule has 2 N–H and O–H groups in total. The van der Waals surface area contributed by atoms with E-state index in [0.29, 0.717) is 23.5 Å². The zero-order valence-electron chi connectivity index (χ0n) is 14.2. The minimum atomic E-state index is -0.405. The summed E-state index contributed by atoms with van der Waals surface area (Å²) in [6.07, 6.45) is 7.18. The number of carbonyl (C=O) groups excluding carboxylic acids is 1. The lowest BCUT2D eigenvalue weighted by atomic mass is 10.2. The van der Waals surface area contributed by atoms with Gasteiger partial charge in [0, 0.05) is 24.3 Å². The van der Waals surface area contributed by atoms with Crippen molar-refractivity contribution in [3.05, 3.63) is 78.5 Å². The molecule has 3 aromatic heterocycles. The average Bonchev–Trinajstić information content (AvgIpc) is 3.28. The largest absolute Gasteiger partial charge is 0.323 e. The summed E-state index contributed by atoms with van der Waals surface area (Å²) in [6.45, 7) is 0.495. The van der Waals surface area contributed by atoms with Crippen LogP contribution in [-0.2, 0) is 6.54 Å². The topological polar surface area (TPSA) is 100 Å². The summed E-state index contributed by atoms with van der Waals surface area (Å²) < 4.78 is 3.65. The van der Waals surface area contributed by atoms with E-state index in [1.807, 2.05) is 41.1 Å². The minimum Gasteiger partial charge on any atom is -0.308 e. The fraction of sp³-hybridized carbons (Fsp3) is 0.0526. The molecule has 4 aromatic rings. The van der Waals surface area contributed by atoms with E-state index in [0.717, 1.165) is 11.3 Å². The molecule has 1 aromatic carbocycles. The summed E-state index contributed by atoms with van der Waals surface area (Å²) >= 11 is 0. The lowest BCUT2D eigenvalue weighted by Crippen LogP contribution is -2.19. The summed E-state index contributed by atoms with van der Waals surface area (Å²) in [6, 6.07) is 14.1. The number of anilines is 2. The van der Waals surface area contributed by atoms with Crippen LogP contribution in [0.15, 0.2) is 67.3 Å². The van der Waals surface area contributed by atoms with Crippen LogP contribution in [0.3, 0.4) is 0 Å². The van der Waals surface area contributed by atoms with Gasteiger partial charge >= 0.3 is 6.03 Å². The summed E-state index contributed by atoms with van der Waals surface area (Å²) in [5.74, 6) is 0. The van der Waals surface area contributed by atoms with Crippen molar-refractivity contribution in [3.8, 4) is 6.07 Å². The monoisotopic (exact) mass is 357 g/mol. The first-order valence-corrected chi connectivity index (χ1v) is 8.23. The molecular weight excluding hydrogens is 342 g/mol. The Balaban J connectivity index is 1.40. The van der Waals surface area contributed by atoms with Crippen LogP contribution in [-0.4, -0.2) is 25.2 Å². The fourth-order valence-electron chi connectivity index (χ4n) is 2.70. The second-order valence-electron chi connectivity index (χ2n) is 5.90. The quantitative estimate of drug-likeness (QED) is 0.586. The molecule has 0 saturated heterocycles. The van der Waals surface area contributed by atoms with Crippen molar-refractivity contribution in [2.75, 3.05) is 10.6 Å². The zero-order chi connectivity index (χ0) is 18.6. The van der Waals surface area contributed by atoms with E-state index < -0.39 is 6.03 Å². The molecule has 8 heteroatoms. The van der Waals surface area contributed by atoms with Gasteiger partial charge in [0.05, 0.1) is 35.8 Å². The molecule has 0 aliphatic carbocycles. The number of hydrogen-bond acceptors (Lipinski definition) is 4. The Morgan fingerprint density at radius 3 is 2.85 bits per heavy atom. The normalized spacial score (nSPS) is 10.5. The number of fused-ring (bicyclic) bond motifs is 1. The van der Waals surface area contributed by atoms with Gasteiger partial charge in [-0.05, 0) is 30.3 Å². The van der Waals surface area contributed by atoms with E-state index in [2.05, 4.69) is 20.7 Å². The lowest BCUT2D eigenvalue weighted by molar-refractivity contribution is 0.262. The van der Waals surface area contributed by atoms with Gasteiger partial charge in [-0.2, -0.15) is 10.4 Å². The van der Waals surface area contributed by atoms with Crippen LogP contribution < -0.4 is 10.6 Å². The Labute approximate surface area is 154 Å². The third-order valence-electron chi connectivity index (χ3n) is 3.88. The molecule has 0 aliphatic rings. The predicted molar refractivity (Wildman–Crippen MR) is 100 cm³/mol. The standard InChI is InChI=1S/C19H15N7O/c20-9-14-4-3-5-15(8-14)23-19(27)24-16-10-21-26(12-16)13-17-11-25-7-2-1-6-18(25)22-17/h1-8,10-12H,13H2,(H2,23,24,27). The van der Waals surface area contributed by atoms with Crippen molar-refractivity contribution in [3.63, 3.8) is 0 Å². The highest BCUT2D eigenvalue weighted by molar-refractivity contribution is 5.99. The van der Waals surface area contributed by atoms with Crippen LogP contribution >= 0.6 is 0 Å². The summed E-state index contributed by atoms with van der Waals surface area (Å²) in [4.78, 5) is 16.6. The Morgan fingerprint density at radius 1 is 1.11 bits per heavy atom. The number of urea groups is 1. The van der Waals surface area contributed by atoms with Gasteiger partial charge in [0.2, 0.25) is 0 Å². The first-order chi connectivity index (χ1) is 13.2. The first kappa shape index (κ1) is 16.4.